The van der Waals surface area contributed by atoms with E-state index in [0.717, 1.165) is 12.7 Å². The number of amides is 1. The number of hydrogen-bond acceptors (Lipinski definition) is 6. The number of ether oxygens (including phenoxy) is 3. The first-order valence-corrected chi connectivity index (χ1v) is 6.11. The molecule has 1 unspecified atom stereocenters. The van der Waals surface area contributed by atoms with E-state index in [2.05, 4.69) is 14.8 Å². The molecular weight excluding hydrogens is 278 g/mol. The van der Waals surface area contributed by atoms with Crippen LogP contribution in [0.3, 0.4) is 0 Å². The Morgan fingerprint density at radius 3 is 2.14 bits per heavy atom. The minimum atomic E-state index is -1.07. The molecule has 1 aromatic carbocycles. The maximum Gasteiger partial charge on any atom is 0.396 e. The highest BCUT2D eigenvalue weighted by Crippen LogP contribution is 2.13. The fraction of sp³-hybridized carbons (Fsp3) is 0.357. The van der Waals surface area contributed by atoms with E-state index < -0.39 is 23.9 Å². The molecule has 0 aliphatic carbocycles. The van der Waals surface area contributed by atoms with Crippen molar-refractivity contribution in [1.82, 2.24) is 5.32 Å². The van der Waals surface area contributed by atoms with Gasteiger partial charge in [-0.1, -0.05) is 12.1 Å². The highest BCUT2D eigenvalue weighted by molar-refractivity contribution is 6.32. The summed E-state index contributed by atoms with van der Waals surface area (Å²) in [6.07, 6.45) is 0.180. The monoisotopic (exact) mass is 295 g/mol. The molecule has 1 rings (SSSR count). The fourth-order valence-electron chi connectivity index (χ4n) is 1.64. The zero-order valence-electron chi connectivity index (χ0n) is 12.0. The van der Waals surface area contributed by atoms with E-state index >= 15 is 0 Å². The van der Waals surface area contributed by atoms with Crippen LogP contribution in [0.4, 0.5) is 0 Å². The molecule has 1 atom stereocenters. The van der Waals surface area contributed by atoms with Gasteiger partial charge >= 0.3 is 17.8 Å². The maximum atomic E-state index is 11.7. The molecule has 7 heteroatoms. The molecule has 0 aromatic heterocycles. The van der Waals surface area contributed by atoms with Crippen LogP contribution < -0.4 is 10.1 Å². The highest BCUT2D eigenvalue weighted by Gasteiger charge is 2.25. The van der Waals surface area contributed by atoms with Crippen molar-refractivity contribution in [2.45, 2.75) is 12.5 Å². The Labute approximate surface area is 122 Å². The van der Waals surface area contributed by atoms with Gasteiger partial charge in [-0.05, 0) is 17.7 Å². The normalized spacial score (nSPS) is 11.2. The van der Waals surface area contributed by atoms with Crippen LogP contribution in [0.5, 0.6) is 5.75 Å². The van der Waals surface area contributed by atoms with Crippen molar-refractivity contribution in [3.8, 4) is 5.75 Å². The number of esters is 2. The summed E-state index contributed by atoms with van der Waals surface area (Å²) in [7, 11) is 3.83. The second-order valence-electron chi connectivity index (χ2n) is 4.09. The topological polar surface area (TPSA) is 90.9 Å². The quantitative estimate of drug-likeness (QED) is 0.610. The maximum absolute atomic E-state index is 11.7. The first-order valence-electron chi connectivity index (χ1n) is 6.11. The van der Waals surface area contributed by atoms with Crippen LogP contribution in [-0.4, -0.2) is 45.2 Å². The van der Waals surface area contributed by atoms with Crippen molar-refractivity contribution >= 4 is 17.8 Å². The SMILES string of the molecule is COC(=O)C(=O)NC(Cc1ccc(OC)cc1)C(=O)OC. The Morgan fingerprint density at radius 1 is 1.05 bits per heavy atom. The van der Waals surface area contributed by atoms with Crippen molar-refractivity contribution < 1.29 is 28.6 Å². The average molecular weight is 295 g/mol. The van der Waals surface area contributed by atoms with Gasteiger partial charge in [0.25, 0.3) is 0 Å². The summed E-state index contributed by atoms with van der Waals surface area (Å²) in [6.45, 7) is 0. The van der Waals surface area contributed by atoms with Crippen molar-refractivity contribution in [3.05, 3.63) is 29.8 Å². The molecule has 7 nitrogen and oxygen atoms in total. The highest BCUT2D eigenvalue weighted by atomic mass is 16.5. The molecule has 21 heavy (non-hydrogen) atoms. The average Bonchev–Trinajstić information content (AvgIpc) is 2.53. The largest absolute Gasteiger partial charge is 0.497 e. The van der Waals surface area contributed by atoms with Gasteiger partial charge in [0, 0.05) is 6.42 Å². The Morgan fingerprint density at radius 2 is 1.67 bits per heavy atom. The lowest BCUT2D eigenvalue weighted by molar-refractivity contribution is -0.154. The summed E-state index contributed by atoms with van der Waals surface area (Å²) in [4.78, 5) is 34.2. The minimum absolute atomic E-state index is 0.180. The molecule has 0 aliphatic heterocycles. The predicted octanol–water partition coefficient (Wildman–Crippen LogP) is 0.0685. The van der Waals surface area contributed by atoms with E-state index in [4.69, 9.17) is 4.74 Å². The molecule has 0 spiro atoms. The van der Waals surface area contributed by atoms with Crippen molar-refractivity contribution in [2.24, 2.45) is 0 Å². The molecule has 0 saturated carbocycles. The molecule has 114 valence electrons. The summed E-state index contributed by atoms with van der Waals surface area (Å²) in [5, 5.41) is 2.28. The van der Waals surface area contributed by atoms with Crippen LogP contribution in [0.25, 0.3) is 0 Å². The lowest BCUT2D eigenvalue weighted by Gasteiger charge is -2.16. The number of nitrogens with one attached hydrogen (secondary N) is 1. The third-order valence-corrected chi connectivity index (χ3v) is 2.76. The first kappa shape index (κ1) is 16.5. The number of methoxy groups -OCH3 is 3. The molecule has 0 bridgehead atoms. The lowest BCUT2D eigenvalue weighted by atomic mass is 10.1. The van der Waals surface area contributed by atoms with E-state index in [1.165, 1.54) is 7.11 Å². The molecule has 0 fully saturated rings. The van der Waals surface area contributed by atoms with Crippen molar-refractivity contribution in [1.29, 1.82) is 0 Å². The molecule has 1 aromatic rings. The van der Waals surface area contributed by atoms with Crippen LogP contribution in [0, 0.1) is 0 Å². The summed E-state index contributed by atoms with van der Waals surface area (Å²) >= 11 is 0. The van der Waals surface area contributed by atoms with Crippen LogP contribution in [0.2, 0.25) is 0 Å². The van der Waals surface area contributed by atoms with Gasteiger partial charge in [0.1, 0.15) is 11.8 Å². The Kier molecular flexibility index (Phi) is 6.19. The number of carbonyl (C=O) groups is 3. The second-order valence-corrected chi connectivity index (χ2v) is 4.09. The molecule has 1 amide bonds. The van der Waals surface area contributed by atoms with E-state index in [9.17, 15) is 14.4 Å². The smallest absolute Gasteiger partial charge is 0.396 e. The van der Waals surface area contributed by atoms with Gasteiger partial charge in [0.15, 0.2) is 0 Å². The Bertz CT molecular complexity index is 511. The van der Waals surface area contributed by atoms with E-state index in [-0.39, 0.29) is 6.42 Å². The van der Waals surface area contributed by atoms with Gasteiger partial charge in [0.2, 0.25) is 0 Å². The van der Waals surface area contributed by atoms with Crippen LogP contribution in [0.1, 0.15) is 5.56 Å². The molecule has 0 heterocycles. The molecule has 0 aliphatic rings. The summed E-state index contributed by atoms with van der Waals surface area (Å²) in [5.74, 6) is -2.05. The predicted molar refractivity (Wildman–Crippen MR) is 72.7 cm³/mol. The number of hydrogen-bond donors (Lipinski definition) is 1. The standard InChI is InChI=1S/C14H17NO6/c1-19-10-6-4-9(5-7-10)8-11(13(17)20-2)15-12(16)14(18)21-3/h4-7,11H,8H2,1-3H3,(H,15,16). The van der Waals surface area contributed by atoms with Crippen LogP contribution in [-0.2, 0) is 30.3 Å². The van der Waals surface area contributed by atoms with Crippen molar-refractivity contribution in [3.63, 3.8) is 0 Å². The van der Waals surface area contributed by atoms with Gasteiger partial charge in [-0.3, -0.25) is 4.79 Å². The van der Waals surface area contributed by atoms with Gasteiger partial charge in [-0.2, -0.15) is 0 Å². The third-order valence-electron chi connectivity index (χ3n) is 2.76. The minimum Gasteiger partial charge on any atom is -0.497 e. The summed E-state index contributed by atoms with van der Waals surface area (Å²) in [5.41, 5.74) is 0.774. The zero-order chi connectivity index (χ0) is 15.8. The molecule has 1 N–H and O–H groups in total. The van der Waals surface area contributed by atoms with Gasteiger partial charge in [-0.15, -0.1) is 0 Å². The Balaban J connectivity index is 2.80. The lowest BCUT2D eigenvalue weighted by Crippen LogP contribution is -2.46. The Hall–Kier alpha value is -2.57. The van der Waals surface area contributed by atoms with E-state index in [1.54, 1.807) is 31.4 Å². The summed E-state index contributed by atoms with van der Waals surface area (Å²) in [6, 6.07) is 5.98. The van der Waals surface area contributed by atoms with E-state index in [1.807, 2.05) is 0 Å². The van der Waals surface area contributed by atoms with E-state index in [0.29, 0.717) is 5.75 Å². The van der Waals surface area contributed by atoms with Crippen LogP contribution >= 0.6 is 0 Å². The number of carbonyl (C=O) groups excluding carboxylic acids is 3. The summed E-state index contributed by atoms with van der Waals surface area (Å²) < 4.78 is 13.9. The molecule has 0 radical (unpaired) electrons. The second kappa shape index (κ2) is 7.88. The number of rotatable bonds is 5. The van der Waals surface area contributed by atoms with Gasteiger partial charge in [-0.25, -0.2) is 9.59 Å². The van der Waals surface area contributed by atoms with Crippen molar-refractivity contribution in [2.75, 3.05) is 21.3 Å². The molecule has 0 saturated heterocycles. The number of benzene rings is 1. The van der Waals surface area contributed by atoms with Gasteiger partial charge < -0.3 is 19.5 Å². The molecular formula is C14H17NO6. The first-order chi connectivity index (χ1) is 10.0. The fourth-order valence-corrected chi connectivity index (χ4v) is 1.64. The third kappa shape index (κ3) is 4.79. The zero-order valence-corrected chi connectivity index (χ0v) is 12.0. The van der Waals surface area contributed by atoms with Crippen LogP contribution in [0.15, 0.2) is 24.3 Å². The van der Waals surface area contributed by atoms with Gasteiger partial charge in [0.05, 0.1) is 21.3 Å².